The van der Waals surface area contributed by atoms with Crippen molar-refractivity contribution in [3.63, 3.8) is 0 Å². The van der Waals surface area contributed by atoms with Crippen LogP contribution in [0.3, 0.4) is 0 Å². The fourth-order valence-corrected chi connectivity index (χ4v) is 2.97. The molecule has 1 rings (SSSR count). The molecule has 1 aromatic carbocycles. The van der Waals surface area contributed by atoms with E-state index in [0.29, 0.717) is 0 Å². The van der Waals surface area contributed by atoms with Crippen LogP contribution >= 0.6 is 28.8 Å². The molecule has 1 aromatic rings. The third kappa shape index (κ3) is 4.26. The largest absolute Gasteiger partial charge is 0.468 e. The maximum absolute atomic E-state index is 3.57. The minimum atomic E-state index is 0.0935. The zero-order valence-corrected chi connectivity index (χ0v) is 11.5. The van der Waals surface area contributed by atoms with E-state index in [9.17, 15) is 0 Å². The van der Waals surface area contributed by atoms with Crippen LogP contribution in [-0.4, -0.2) is 18.2 Å². The Morgan fingerprint density at radius 2 is 1.83 bits per heavy atom. The van der Waals surface area contributed by atoms with Gasteiger partial charge < -0.3 is 12.9 Å². The van der Waals surface area contributed by atoms with Crippen molar-refractivity contribution in [1.29, 1.82) is 0 Å². The number of benzene rings is 1. The molecule has 3 heteroatoms. The van der Waals surface area contributed by atoms with Crippen molar-refractivity contribution in [2.24, 2.45) is 0 Å². The molecule has 62 valence electrons. The Bertz CT molecular complexity index is 220. The predicted octanol–water partition coefficient (Wildman–Crippen LogP) is 3.81. The molecule has 0 aliphatic rings. The van der Waals surface area contributed by atoms with E-state index in [1.54, 1.807) is 0 Å². The van der Waals surface area contributed by atoms with E-state index in [4.69, 9.17) is 0 Å². The van der Waals surface area contributed by atoms with E-state index < -0.39 is 0 Å². The molecule has 0 heterocycles. The van der Waals surface area contributed by atoms with E-state index in [1.807, 2.05) is 0 Å². The Hall–Kier alpha value is 0.946. The van der Waals surface area contributed by atoms with Crippen molar-refractivity contribution in [3.8, 4) is 0 Å². The molecule has 0 bridgehead atoms. The van der Waals surface area contributed by atoms with Crippen LogP contribution in [-0.2, 0) is 6.42 Å². The highest BCUT2D eigenvalue weighted by atomic mass is 79.9. The third-order valence-corrected chi connectivity index (χ3v) is 4.74. The maximum atomic E-state index is 3.57. The highest BCUT2D eigenvalue weighted by Gasteiger charge is 1.94. The summed E-state index contributed by atoms with van der Waals surface area (Å²) in [5, 5.41) is 0. The second kappa shape index (κ2) is 6.41. The molecule has 12 heavy (non-hydrogen) atoms. The first-order valence-electron chi connectivity index (χ1n) is 4.13. The van der Waals surface area contributed by atoms with Crippen LogP contribution in [0.5, 0.6) is 0 Å². The second-order valence-corrected chi connectivity index (χ2v) is 7.15. The number of rotatable bonds is 4. The average molecular weight is 302 g/mol. The third-order valence-electron chi connectivity index (χ3n) is 1.76. The summed E-state index contributed by atoms with van der Waals surface area (Å²) in [6.07, 6.45) is 2.56. The van der Waals surface area contributed by atoms with Gasteiger partial charge in [0.25, 0.3) is 0 Å². The van der Waals surface area contributed by atoms with E-state index in [1.165, 1.54) is 27.4 Å². The van der Waals surface area contributed by atoms with Gasteiger partial charge in [-0.2, -0.15) is 0 Å². The first-order chi connectivity index (χ1) is 5.83. The average Bonchev–Trinajstić information content (AvgIpc) is 2.09. The Kier molecular flexibility index (Phi) is 5.89. The number of hydrogen-bond donors (Lipinski definition) is 0. The van der Waals surface area contributed by atoms with Gasteiger partial charge in [-0.05, 0) is 24.1 Å². The van der Waals surface area contributed by atoms with E-state index in [0.717, 1.165) is 0 Å². The van der Waals surface area contributed by atoms with Crippen molar-refractivity contribution in [2.45, 2.75) is 17.4 Å². The minimum absolute atomic E-state index is 0.0935. The number of halogens is 2. The lowest BCUT2D eigenvalue weighted by molar-refractivity contribution is 0.918. The zero-order chi connectivity index (χ0) is 8.81. The van der Waals surface area contributed by atoms with Gasteiger partial charge in [0.2, 0.25) is 0 Å². The van der Waals surface area contributed by atoms with Gasteiger partial charge in [-0.15, -0.1) is 4.55 Å². The van der Waals surface area contributed by atoms with E-state index >= 15 is 0 Å². The SMILES string of the molecule is [Br][Mg][CH2]CCc1ccc(Br)cc1. The summed E-state index contributed by atoms with van der Waals surface area (Å²) in [7, 11) is 0. The molecule has 0 fully saturated rings. The Labute approximate surface area is 97.8 Å². The highest BCUT2D eigenvalue weighted by molar-refractivity contribution is 9.23. The quantitative estimate of drug-likeness (QED) is 0.586. The Balaban J connectivity index is 2.37. The summed E-state index contributed by atoms with van der Waals surface area (Å²) in [6, 6.07) is 8.61. The molecule has 0 spiro atoms. The fourth-order valence-electron chi connectivity index (χ4n) is 1.07. The summed E-state index contributed by atoms with van der Waals surface area (Å²) in [4.78, 5) is 0. The van der Waals surface area contributed by atoms with Gasteiger partial charge >= 0.3 is 18.2 Å². The molecule has 0 unspecified atom stereocenters. The van der Waals surface area contributed by atoms with Gasteiger partial charge in [-0.1, -0.05) is 34.5 Å². The molecule has 0 amide bonds. The van der Waals surface area contributed by atoms with Crippen LogP contribution in [0, 0.1) is 0 Å². The molecule has 0 saturated carbocycles. The molecule has 0 nitrogen and oxygen atoms in total. The number of hydrogen-bond acceptors (Lipinski definition) is 0. The summed E-state index contributed by atoms with van der Waals surface area (Å²) >= 11 is 7.09. The molecular weight excluding hydrogens is 292 g/mol. The van der Waals surface area contributed by atoms with Crippen LogP contribution in [0.4, 0.5) is 0 Å². The first-order valence-corrected chi connectivity index (χ1v) is 9.82. The topological polar surface area (TPSA) is 0 Å². The molecule has 0 saturated heterocycles. The smallest absolute Gasteiger partial charge is 0.307 e. The maximum Gasteiger partial charge on any atom is 0.468 e. The van der Waals surface area contributed by atoms with Crippen LogP contribution in [0.1, 0.15) is 12.0 Å². The molecule has 0 atom stereocenters. The van der Waals surface area contributed by atoms with Crippen LogP contribution in [0.25, 0.3) is 0 Å². The van der Waals surface area contributed by atoms with Crippen LogP contribution in [0.15, 0.2) is 28.7 Å². The standard InChI is InChI=1S/C9H10Br.BrH.Mg/c1-2-3-8-4-6-9(10)7-5-8;;/h4-7H,1-3H2;1H;/q;;+1/p-1. The highest BCUT2D eigenvalue weighted by Crippen LogP contribution is 2.12. The van der Waals surface area contributed by atoms with Gasteiger partial charge in [0.05, 0.1) is 0 Å². The fraction of sp³-hybridized carbons (Fsp3) is 0.333. The first kappa shape index (κ1) is 11.0. The Morgan fingerprint density at radius 3 is 2.42 bits per heavy atom. The lowest BCUT2D eigenvalue weighted by Crippen LogP contribution is -1.85. The van der Waals surface area contributed by atoms with Crippen molar-refractivity contribution in [1.82, 2.24) is 0 Å². The van der Waals surface area contributed by atoms with Gasteiger partial charge in [0.1, 0.15) is 0 Å². The van der Waals surface area contributed by atoms with Gasteiger partial charge in [-0.25, -0.2) is 0 Å². The van der Waals surface area contributed by atoms with Crippen molar-refractivity contribution < 1.29 is 0 Å². The molecule has 0 aliphatic carbocycles. The van der Waals surface area contributed by atoms with Gasteiger partial charge in [0.15, 0.2) is 0 Å². The van der Waals surface area contributed by atoms with Crippen molar-refractivity contribution >= 4 is 47.0 Å². The van der Waals surface area contributed by atoms with Crippen molar-refractivity contribution in [2.75, 3.05) is 0 Å². The van der Waals surface area contributed by atoms with E-state index in [-0.39, 0.29) is 18.2 Å². The summed E-state index contributed by atoms with van der Waals surface area (Å²) in [5.41, 5.74) is 1.45. The van der Waals surface area contributed by atoms with Crippen LogP contribution in [0.2, 0.25) is 4.55 Å². The molecule has 0 aliphatic heterocycles. The van der Waals surface area contributed by atoms with Crippen LogP contribution < -0.4 is 0 Å². The molecule has 0 aromatic heterocycles. The van der Waals surface area contributed by atoms with Gasteiger partial charge in [-0.3, -0.25) is 0 Å². The lowest BCUT2D eigenvalue weighted by Gasteiger charge is -1.99. The molecular formula is C9H10Br2Mg. The molecule has 0 radical (unpaired) electrons. The number of aryl methyl sites for hydroxylation is 1. The van der Waals surface area contributed by atoms with E-state index in [2.05, 4.69) is 53.1 Å². The predicted molar refractivity (Wildman–Crippen MR) is 62.0 cm³/mol. The minimum Gasteiger partial charge on any atom is -0.307 e. The Morgan fingerprint density at radius 1 is 1.17 bits per heavy atom. The second-order valence-electron chi connectivity index (χ2n) is 2.77. The normalized spacial score (nSPS) is 9.50. The lowest BCUT2D eigenvalue weighted by atomic mass is 10.1. The van der Waals surface area contributed by atoms with Crippen molar-refractivity contribution in [3.05, 3.63) is 34.3 Å². The summed E-state index contributed by atoms with van der Waals surface area (Å²) in [5.74, 6) is 0. The zero-order valence-electron chi connectivity index (χ0n) is 6.89. The molecule has 0 N–H and O–H groups in total. The summed E-state index contributed by atoms with van der Waals surface area (Å²) in [6.45, 7) is 0. The summed E-state index contributed by atoms with van der Waals surface area (Å²) < 4.78 is 2.57. The van der Waals surface area contributed by atoms with Gasteiger partial charge in [0, 0.05) is 4.47 Å². The monoisotopic (exact) mass is 300 g/mol.